The van der Waals surface area contributed by atoms with E-state index in [1.165, 1.54) is 64.2 Å². The van der Waals surface area contributed by atoms with Crippen LogP contribution in [0.5, 0.6) is 0 Å². The summed E-state index contributed by atoms with van der Waals surface area (Å²) in [5.74, 6) is 0. The Labute approximate surface area is 114 Å². The van der Waals surface area contributed by atoms with Crippen molar-refractivity contribution < 1.29 is 4.74 Å². The molecular weight excluding hydrogens is 222 g/mol. The van der Waals surface area contributed by atoms with Gasteiger partial charge in [0.15, 0.2) is 0 Å². The zero-order chi connectivity index (χ0) is 13.3. The van der Waals surface area contributed by atoms with Crippen LogP contribution >= 0.6 is 0 Å². The second-order valence-corrected chi connectivity index (χ2v) is 6.02. The van der Waals surface area contributed by atoms with Crippen molar-refractivity contribution in [2.45, 2.75) is 89.7 Å². The van der Waals surface area contributed by atoms with E-state index < -0.39 is 0 Å². The maximum Gasteiger partial charge on any atom is 0.0807 e. The lowest BCUT2D eigenvalue weighted by Crippen LogP contribution is -2.46. The first-order chi connectivity index (χ1) is 8.73. The van der Waals surface area contributed by atoms with Crippen molar-refractivity contribution in [1.29, 1.82) is 0 Å². The summed E-state index contributed by atoms with van der Waals surface area (Å²) in [7, 11) is 2.08. The van der Waals surface area contributed by atoms with E-state index in [9.17, 15) is 0 Å². The van der Waals surface area contributed by atoms with Gasteiger partial charge in [-0.15, -0.1) is 0 Å². The number of rotatable bonds is 10. The normalized spacial score (nSPS) is 25.5. The molecule has 1 fully saturated rings. The first-order valence-corrected chi connectivity index (χ1v) is 8.04. The van der Waals surface area contributed by atoms with E-state index in [2.05, 4.69) is 26.2 Å². The van der Waals surface area contributed by atoms with Gasteiger partial charge in [0.05, 0.1) is 5.60 Å². The maximum atomic E-state index is 5.94. The highest BCUT2D eigenvalue weighted by molar-refractivity contribution is 4.91. The predicted octanol–water partition coefficient (Wildman–Crippen LogP) is 4.28. The molecule has 0 amide bonds. The lowest BCUT2D eigenvalue weighted by atomic mass is 9.89. The van der Waals surface area contributed by atoms with E-state index in [1.807, 2.05) is 0 Å². The van der Waals surface area contributed by atoms with Crippen molar-refractivity contribution in [3.8, 4) is 0 Å². The molecule has 0 saturated carbocycles. The topological polar surface area (TPSA) is 21.3 Å². The van der Waals surface area contributed by atoms with E-state index >= 15 is 0 Å². The summed E-state index contributed by atoms with van der Waals surface area (Å²) < 4.78 is 5.94. The standard InChI is InChI=1S/C16H33NO/c1-4-5-6-7-8-9-10-12-15(17-3)16(2)13-11-14-18-16/h15,17H,4-14H2,1-3H3. The van der Waals surface area contributed by atoms with Crippen LogP contribution in [0.2, 0.25) is 0 Å². The Morgan fingerprint density at radius 1 is 1.11 bits per heavy atom. The van der Waals surface area contributed by atoms with Gasteiger partial charge >= 0.3 is 0 Å². The van der Waals surface area contributed by atoms with E-state index in [0.717, 1.165) is 6.61 Å². The highest BCUT2D eigenvalue weighted by Gasteiger charge is 2.36. The van der Waals surface area contributed by atoms with Crippen molar-refractivity contribution in [1.82, 2.24) is 5.32 Å². The minimum Gasteiger partial charge on any atom is -0.374 e. The van der Waals surface area contributed by atoms with Gasteiger partial charge in [0.2, 0.25) is 0 Å². The van der Waals surface area contributed by atoms with E-state index in [4.69, 9.17) is 4.74 Å². The quantitative estimate of drug-likeness (QED) is 0.588. The summed E-state index contributed by atoms with van der Waals surface area (Å²) in [6.07, 6.45) is 13.4. The molecule has 1 aliphatic rings. The molecule has 0 bridgehead atoms. The van der Waals surface area contributed by atoms with Crippen LogP contribution < -0.4 is 5.32 Å². The summed E-state index contributed by atoms with van der Waals surface area (Å²) in [5, 5.41) is 3.47. The van der Waals surface area contributed by atoms with Crippen molar-refractivity contribution in [3.05, 3.63) is 0 Å². The molecule has 2 unspecified atom stereocenters. The molecule has 18 heavy (non-hydrogen) atoms. The molecule has 1 heterocycles. The molecule has 1 aliphatic heterocycles. The lowest BCUT2D eigenvalue weighted by Gasteiger charge is -2.33. The second-order valence-electron chi connectivity index (χ2n) is 6.02. The number of likely N-dealkylation sites (N-methyl/N-ethyl adjacent to an activating group) is 1. The fraction of sp³-hybridized carbons (Fsp3) is 1.00. The molecule has 2 heteroatoms. The molecule has 0 aliphatic carbocycles. The molecule has 0 spiro atoms. The Bertz CT molecular complexity index is 199. The molecule has 0 aromatic rings. The second kappa shape index (κ2) is 8.92. The Hall–Kier alpha value is -0.0800. The zero-order valence-electron chi connectivity index (χ0n) is 12.8. The molecule has 1 N–H and O–H groups in total. The number of nitrogens with one attached hydrogen (secondary N) is 1. The Morgan fingerprint density at radius 2 is 1.78 bits per heavy atom. The van der Waals surface area contributed by atoms with Crippen molar-refractivity contribution in [2.24, 2.45) is 0 Å². The third kappa shape index (κ3) is 5.27. The lowest BCUT2D eigenvalue weighted by molar-refractivity contribution is -0.0124. The number of hydrogen-bond donors (Lipinski definition) is 1. The average molecular weight is 255 g/mol. The smallest absolute Gasteiger partial charge is 0.0807 e. The molecule has 1 saturated heterocycles. The van der Waals surface area contributed by atoms with Crippen molar-refractivity contribution >= 4 is 0 Å². The summed E-state index contributed by atoms with van der Waals surface area (Å²) in [6.45, 7) is 5.51. The van der Waals surface area contributed by atoms with Crippen LogP contribution in [-0.2, 0) is 4.74 Å². The number of hydrogen-bond acceptors (Lipinski definition) is 2. The van der Waals surface area contributed by atoms with Gasteiger partial charge in [-0.3, -0.25) is 0 Å². The first kappa shape index (κ1) is 16.0. The molecule has 0 aromatic carbocycles. The molecular formula is C16H33NO. The third-order valence-corrected chi connectivity index (χ3v) is 4.43. The molecule has 1 rings (SSSR count). The Balaban J connectivity index is 2.08. The van der Waals surface area contributed by atoms with E-state index in [0.29, 0.717) is 6.04 Å². The largest absolute Gasteiger partial charge is 0.374 e. The summed E-state index contributed by atoms with van der Waals surface area (Å²) in [6, 6.07) is 0.538. The average Bonchev–Trinajstić information content (AvgIpc) is 2.80. The highest BCUT2D eigenvalue weighted by atomic mass is 16.5. The molecule has 0 aromatic heterocycles. The van der Waals surface area contributed by atoms with E-state index in [1.54, 1.807) is 0 Å². The highest BCUT2D eigenvalue weighted by Crippen LogP contribution is 2.30. The van der Waals surface area contributed by atoms with Crippen LogP contribution in [0.3, 0.4) is 0 Å². The Kier molecular flexibility index (Phi) is 7.92. The maximum absolute atomic E-state index is 5.94. The SMILES string of the molecule is CCCCCCCCCC(NC)C1(C)CCCO1. The zero-order valence-corrected chi connectivity index (χ0v) is 12.8. The fourth-order valence-corrected chi connectivity index (χ4v) is 3.14. The predicted molar refractivity (Wildman–Crippen MR) is 79.0 cm³/mol. The van der Waals surface area contributed by atoms with Gasteiger partial charge in [-0.05, 0) is 33.2 Å². The van der Waals surface area contributed by atoms with Crippen LogP contribution in [0.1, 0.15) is 78.1 Å². The molecule has 0 radical (unpaired) electrons. The fourth-order valence-electron chi connectivity index (χ4n) is 3.14. The van der Waals surface area contributed by atoms with Gasteiger partial charge in [-0.1, -0.05) is 51.9 Å². The third-order valence-electron chi connectivity index (χ3n) is 4.43. The van der Waals surface area contributed by atoms with Gasteiger partial charge < -0.3 is 10.1 Å². The van der Waals surface area contributed by atoms with Gasteiger partial charge in [0, 0.05) is 12.6 Å². The molecule has 2 atom stereocenters. The first-order valence-electron chi connectivity index (χ1n) is 8.04. The van der Waals surface area contributed by atoms with Gasteiger partial charge in [0.1, 0.15) is 0 Å². The van der Waals surface area contributed by atoms with Crippen LogP contribution in [0.25, 0.3) is 0 Å². The van der Waals surface area contributed by atoms with E-state index in [-0.39, 0.29) is 5.60 Å². The summed E-state index contributed by atoms with van der Waals surface area (Å²) in [5.41, 5.74) is 0.0942. The van der Waals surface area contributed by atoms with Crippen LogP contribution in [0.4, 0.5) is 0 Å². The minimum atomic E-state index is 0.0942. The van der Waals surface area contributed by atoms with Crippen LogP contribution in [0.15, 0.2) is 0 Å². The Morgan fingerprint density at radius 3 is 2.33 bits per heavy atom. The van der Waals surface area contributed by atoms with Gasteiger partial charge in [-0.25, -0.2) is 0 Å². The molecule has 108 valence electrons. The van der Waals surface area contributed by atoms with Crippen LogP contribution in [0, 0.1) is 0 Å². The van der Waals surface area contributed by atoms with Gasteiger partial charge in [0.25, 0.3) is 0 Å². The summed E-state index contributed by atoms with van der Waals surface area (Å²) in [4.78, 5) is 0. The van der Waals surface area contributed by atoms with Crippen molar-refractivity contribution in [3.63, 3.8) is 0 Å². The van der Waals surface area contributed by atoms with Crippen LogP contribution in [-0.4, -0.2) is 25.3 Å². The molecule has 2 nitrogen and oxygen atoms in total. The summed E-state index contributed by atoms with van der Waals surface area (Å²) >= 11 is 0. The number of ether oxygens (including phenoxy) is 1. The number of unbranched alkanes of at least 4 members (excludes halogenated alkanes) is 6. The van der Waals surface area contributed by atoms with Crippen molar-refractivity contribution in [2.75, 3.05) is 13.7 Å². The van der Waals surface area contributed by atoms with Gasteiger partial charge in [-0.2, -0.15) is 0 Å². The minimum absolute atomic E-state index is 0.0942. The monoisotopic (exact) mass is 255 g/mol.